The lowest BCUT2D eigenvalue weighted by Gasteiger charge is -2.26. The number of morpholine rings is 1. The molecule has 0 unspecified atom stereocenters. The third kappa shape index (κ3) is 5.76. The van der Waals surface area contributed by atoms with Crippen LogP contribution in [0.15, 0.2) is 73.1 Å². The van der Waals surface area contributed by atoms with Gasteiger partial charge in [-0.15, -0.1) is 12.4 Å². The zero-order valence-corrected chi connectivity index (χ0v) is 20.6. The number of hydrazine groups is 1. The quantitative estimate of drug-likeness (QED) is 0.188. The number of fused-ring (bicyclic) bond motifs is 1. The summed E-state index contributed by atoms with van der Waals surface area (Å²) in [5.74, 6) is 11.3. The molecule has 2 aromatic carbocycles. The molecule has 1 saturated heterocycles. The second-order valence-electron chi connectivity index (χ2n) is 8.23. The van der Waals surface area contributed by atoms with Crippen LogP contribution < -0.4 is 11.3 Å². The van der Waals surface area contributed by atoms with Gasteiger partial charge in [-0.3, -0.25) is 20.0 Å². The van der Waals surface area contributed by atoms with E-state index in [1.54, 1.807) is 41.6 Å². The Bertz CT molecular complexity index is 1490. The maximum Gasteiger partial charge on any atom is 0.265 e. The summed E-state index contributed by atoms with van der Waals surface area (Å²) in [6.07, 6.45) is 3.23. The fourth-order valence-electron chi connectivity index (χ4n) is 4.00. The lowest BCUT2D eigenvalue weighted by atomic mass is 10.0. The molecule has 3 N–H and O–H groups in total. The van der Waals surface area contributed by atoms with Crippen LogP contribution in [0.4, 0.5) is 0 Å². The van der Waals surface area contributed by atoms with E-state index in [1.165, 1.54) is 0 Å². The van der Waals surface area contributed by atoms with Crippen LogP contribution >= 0.6 is 12.4 Å². The fourth-order valence-corrected chi connectivity index (χ4v) is 4.00. The van der Waals surface area contributed by atoms with Gasteiger partial charge < -0.3 is 9.64 Å². The normalized spacial score (nSPS) is 12.7. The molecule has 0 aliphatic carbocycles. The highest BCUT2D eigenvalue weighted by Gasteiger charge is 2.18. The van der Waals surface area contributed by atoms with Crippen molar-refractivity contribution in [3.8, 4) is 23.1 Å². The molecule has 5 rings (SSSR count). The van der Waals surface area contributed by atoms with Gasteiger partial charge in [0.05, 0.1) is 30.0 Å². The van der Waals surface area contributed by atoms with Crippen molar-refractivity contribution < 1.29 is 14.3 Å². The number of pyridine rings is 2. The minimum atomic E-state index is -0.406. The van der Waals surface area contributed by atoms with Crippen LogP contribution in [0.25, 0.3) is 22.2 Å². The number of nitrogens with one attached hydrogen (secondary N) is 1. The van der Waals surface area contributed by atoms with Gasteiger partial charge in [0.15, 0.2) is 0 Å². The van der Waals surface area contributed by atoms with Gasteiger partial charge in [-0.1, -0.05) is 24.0 Å². The Kier molecular flexibility index (Phi) is 8.11. The van der Waals surface area contributed by atoms with E-state index in [1.807, 2.05) is 36.4 Å². The molecule has 0 radical (unpaired) electrons. The molecule has 1 aliphatic heterocycles. The second-order valence-corrected chi connectivity index (χ2v) is 8.23. The second kappa shape index (κ2) is 11.6. The van der Waals surface area contributed by atoms with Crippen LogP contribution in [0.3, 0.4) is 0 Å². The van der Waals surface area contributed by atoms with Gasteiger partial charge in [0, 0.05) is 53.1 Å². The van der Waals surface area contributed by atoms with Gasteiger partial charge in [-0.05, 0) is 48.5 Å². The third-order valence-electron chi connectivity index (χ3n) is 5.95. The van der Waals surface area contributed by atoms with E-state index in [4.69, 9.17) is 10.6 Å². The molecule has 0 atom stereocenters. The first-order chi connectivity index (χ1) is 17.6. The molecular formula is C28H24ClN5O3. The minimum Gasteiger partial charge on any atom is -0.378 e. The summed E-state index contributed by atoms with van der Waals surface area (Å²) in [7, 11) is 0. The zero-order valence-electron chi connectivity index (χ0n) is 19.8. The van der Waals surface area contributed by atoms with Crippen LogP contribution in [0.5, 0.6) is 0 Å². The van der Waals surface area contributed by atoms with E-state index in [-0.39, 0.29) is 18.3 Å². The Morgan fingerprint density at radius 2 is 1.59 bits per heavy atom. The first-order valence-corrected chi connectivity index (χ1v) is 11.5. The Labute approximate surface area is 220 Å². The van der Waals surface area contributed by atoms with Crippen LogP contribution in [-0.2, 0) is 4.74 Å². The lowest BCUT2D eigenvalue weighted by molar-refractivity contribution is 0.0303. The largest absolute Gasteiger partial charge is 0.378 e. The maximum atomic E-state index is 12.6. The maximum absolute atomic E-state index is 12.6. The minimum absolute atomic E-state index is 0. The van der Waals surface area contributed by atoms with Gasteiger partial charge in [0.1, 0.15) is 0 Å². The van der Waals surface area contributed by atoms with Crippen LogP contribution in [0, 0.1) is 11.8 Å². The predicted molar refractivity (Wildman–Crippen MR) is 143 cm³/mol. The molecule has 2 aromatic heterocycles. The van der Waals surface area contributed by atoms with Crippen molar-refractivity contribution in [2.75, 3.05) is 26.3 Å². The van der Waals surface area contributed by atoms with Crippen molar-refractivity contribution in [2.45, 2.75) is 0 Å². The lowest BCUT2D eigenvalue weighted by Crippen LogP contribution is -2.40. The number of rotatable bonds is 3. The first kappa shape index (κ1) is 25.8. The highest BCUT2D eigenvalue weighted by Crippen LogP contribution is 2.24. The molecule has 0 saturated carbocycles. The van der Waals surface area contributed by atoms with E-state index in [0.29, 0.717) is 54.0 Å². The standard InChI is InChI=1S/C28H23N5O3.ClH/c29-32-27(34)23-17-26(31-25-11-12-30-18-24(23)25)21-7-3-19(4-8-21)1-2-20-5-9-22(10-6-20)28(35)33-13-15-36-16-14-33;/h3-12,17-18H,13-16,29H2,(H,32,34);1H. The summed E-state index contributed by atoms with van der Waals surface area (Å²) in [4.78, 5) is 35.4. The monoisotopic (exact) mass is 513 g/mol. The number of amides is 2. The summed E-state index contributed by atoms with van der Waals surface area (Å²) < 4.78 is 5.31. The van der Waals surface area contributed by atoms with Gasteiger partial charge in [-0.2, -0.15) is 0 Å². The Morgan fingerprint density at radius 1 is 0.946 bits per heavy atom. The average Bonchev–Trinajstić information content (AvgIpc) is 2.95. The van der Waals surface area contributed by atoms with Crippen molar-refractivity contribution in [3.05, 3.63) is 95.3 Å². The highest BCUT2D eigenvalue weighted by atomic mass is 35.5. The van der Waals surface area contributed by atoms with E-state index in [9.17, 15) is 9.59 Å². The fraction of sp³-hybridized carbons (Fsp3) is 0.143. The number of halogens is 1. The summed E-state index contributed by atoms with van der Waals surface area (Å²) in [5, 5.41) is 0.629. The molecule has 9 heteroatoms. The van der Waals surface area contributed by atoms with Gasteiger partial charge in [0.2, 0.25) is 0 Å². The number of nitrogen functional groups attached to an aromatic ring is 1. The molecule has 186 valence electrons. The number of nitrogens with zero attached hydrogens (tertiary/aromatic N) is 3. The number of carbonyl (C=O) groups is 2. The molecule has 0 bridgehead atoms. The zero-order chi connectivity index (χ0) is 24.9. The van der Waals surface area contributed by atoms with E-state index >= 15 is 0 Å². The van der Waals surface area contributed by atoms with Crippen molar-refractivity contribution in [2.24, 2.45) is 5.84 Å². The number of aromatic nitrogens is 2. The van der Waals surface area contributed by atoms with Crippen molar-refractivity contribution in [1.82, 2.24) is 20.3 Å². The SMILES string of the molecule is Cl.NNC(=O)c1cc(-c2ccc(C#Cc3ccc(C(=O)N4CCOCC4)cc3)cc2)nc2ccncc12. The average molecular weight is 514 g/mol. The molecule has 4 aromatic rings. The molecule has 2 amide bonds. The Hall–Kier alpha value is -4.29. The molecule has 37 heavy (non-hydrogen) atoms. The van der Waals surface area contributed by atoms with Gasteiger partial charge >= 0.3 is 0 Å². The van der Waals surface area contributed by atoms with Crippen molar-refractivity contribution in [1.29, 1.82) is 0 Å². The Morgan fingerprint density at radius 3 is 2.24 bits per heavy atom. The van der Waals surface area contributed by atoms with Crippen molar-refractivity contribution in [3.63, 3.8) is 0 Å². The van der Waals surface area contributed by atoms with Crippen LogP contribution in [0.1, 0.15) is 31.8 Å². The number of ether oxygens (including phenoxy) is 1. The van der Waals surface area contributed by atoms with Gasteiger partial charge in [-0.25, -0.2) is 10.8 Å². The molecule has 3 heterocycles. The van der Waals surface area contributed by atoms with Gasteiger partial charge in [0.25, 0.3) is 11.8 Å². The number of benzene rings is 2. The number of carbonyl (C=O) groups excluding carboxylic acids is 2. The summed E-state index contributed by atoms with van der Waals surface area (Å²) >= 11 is 0. The third-order valence-corrected chi connectivity index (χ3v) is 5.95. The summed E-state index contributed by atoms with van der Waals surface area (Å²) in [6, 6.07) is 18.4. The number of nitrogens with two attached hydrogens (primary N) is 1. The van der Waals surface area contributed by atoms with E-state index in [2.05, 4.69) is 27.2 Å². The molecule has 8 nitrogen and oxygen atoms in total. The van der Waals surface area contributed by atoms with E-state index in [0.717, 1.165) is 16.7 Å². The van der Waals surface area contributed by atoms with Crippen LogP contribution in [0.2, 0.25) is 0 Å². The molecule has 0 spiro atoms. The molecule has 1 fully saturated rings. The van der Waals surface area contributed by atoms with E-state index < -0.39 is 5.91 Å². The molecule has 1 aliphatic rings. The molecular weight excluding hydrogens is 490 g/mol. The topological polar surface area (TPSA) is 110 Å². The summed E-state index contributed by atoms with van der Waals surface area (Å²) in [6.45, 7) is 2.38. The predicted octanol–water partition coefficient (Wildman–Crippen LogP) is 3.19. The number of hydrogen-bond acceptors (Lipinski definition) is 6. The summed E-state index contributed by atoms with van der Waals surface area (Å²) in [5.41, 5.74) is 7.03. The van der Waals surface area contributed by atoms with Crippen molar-refractivity contribution >= 4 is 35.1 Å². The van der Waals surface area contributed by atoms with Crippen LogP contribution in [-0.4, -0.2) is 53.0 Å². The number of hydrogen-bond donors (Lipinski definition) is 2. The Balaban J connectivity index is 0.00000320. The highest BCUT2D eigenvalue weighted by molar-refractivity contribution is 6.06. The smallest absolute Gasteiger partial charge is 0.265 e. The first-order valence-electron chi connectivity index (χ1n) is 11.5.